The van der Waals surface area contributed by atoms with E-state index >= 15 is 0 Å². The number of hydrogen-bond acceptors (Lipinski definition) is 5. The first-order valence-electron chi connectivity index (χ1n) is 8.54. The molecule has 1 aliphatic carbocycles. The van der Waals surface area contributed by atoms with E-state index in [9.17, 15) is 9.59 Å². The highest BCUT2D eigenvalue weighted by Crippen LogP contribution is 2.23. The molecule has 1 saturated carbocycles. The molecule has 0 aliphatic heterocycles. The fraction of sp³-hybridized carbons (Fsp3) is 0.667. The molecule has 1 fully saturated rings. The maximum Gasteiger partial charge on any atom is 0.341 e. The van der Waals surface area contributed by atoms with Gasteiger partial charge >= 0.3 is 5.97 Å². The number of aryl methyl sites for hydroxylation is 1. The lowest BCUT2D eigenvalue weighted by Gasteiger charge is -2.27. The number of nitrogens with one attached hydrogen (secondary N) is 1. The molecule has 134 valence electrons. The van der Waals surface area contributed by atoms with Crippen molar-refractivity contribution < 1.29 is 18.7 Å². The van der Waals surface area contributed by atoms with Crippen LogP contribution in [0.2, 0.25) is 0 Å². The molecular formula is C18H28N2O4. The number of hydrogen-bond donors (Lipinski definition) is 1. The first-order valence-corrected chi connectivity index (χ1v) is 8.54. The van der Waals surface area contributed by atoms with E-state index in [1.807, 2.05) is 11.9 Å². The predicted octanol–water partition coefficient (Wildman–Crippen LogP) is 2.50. The van der Waals surface area contributed by atoms with Crippen LogP contribution in [0.4, 0.5) is 0 Å². The molecule has 0 aromatic carbocycles. The summed E-state index contributed by atoms with van der Waals surface area (Å²) in [6.07, 6.45) is 4.50. The molecule has 1 N–H and O–H groups in total. The van der Waals surface area contributed by atoms with E-state index in [4.69, 9.17) is 9.15 Å². The van der Waals surface area contributed by atoms with Gasteiger partial charge in [-0.05, 0) is 51.6 Å². The third-order valence-corrected chi connectivity index (χ3v) is 4.59. The number of esters is 1. The van der Waals surface area contributed by atoms with Gasteiger partial charge in [-0.3, -0.25) is 9.69 Å². The highest BCUT2D eigenvalue weighted by Gasteiger charge is 2.21. The first-order chi connectivity index (χ1) is 11.4. The molecule has 0 radical (unpaired) electrons. The topological polar surface area (TPSA) is 71.8 Å². The van der Waals surface area contributed by atoms with Gasteiger partial charge in [0.15, 0.2) is 0 Å². The number of carbonyl (C=O) groups is 2. The van der Waals surface area contributed by atoms with Gasteiger partial charge in [-0.1, -0.05) is 6.92 Å². The minimum atomic E-state index is -0.408. The van der Waals surface area contributed by atoms with Crippen LogP contribution in [0.25, 0.3) is 0 Å². The largest absolute Gasteiger partial charge is 0.465 e. The summed E-state index contributed by atoms with van der Waals surface area (Å²) in [5, 5.41) is 3.11. The third-order valence-electron chi connectivity index (χ3n) is 4.59. The van der Waals surface area contributed by atoms with Crippen molar-refractivity contribution in [1.82, 2.24) is 10.2 Å². The van der Waals surface area contributed by atoms with Crippen molar-refractivity contribution in [2.75, 3.05) is 20.7 Å². The van der Waals surface area contributed by atoms with Crippen LogP contribution < -0.4 is 5.32 Å². The highest BCUT2D eigenvalue weighted by molar-refractivity contribution is 5.90. The molecule has 1 heterocycles. The lowest BCUT2D eigenvalue weighted by Crippen LogP contribution is -2.42. The summed E-state index contributed by atoms with van der Waals surface area (Å²) in [5.74, 6) is 1.58. The van der Waals surface area contributed by atoms with Crippen LogP contribution in [0.5, 0.6) is 0 Å². The summed E-state index contributed by atoms with van der Waals surface area (Å²) >= 11 is 0. The fourth-order valence-electron chi connectivity index (χ4n) is 3.18. The molecule has 1 aromatic rings. The number of likely N-dealkylation sites (N-methyl/N-ethyl adjacent to an activating group) is 1. The molecule has 1 aliphatic rings. The Hall–Kier alpha value is -1.82. The van der Waals surface area contributed by atoms with Crippen molar-refractivity contribution in [3.05, 3.63) is 23.2 Å². The maximum absolute atomic E-state index is 12.2. The van der Waals surface area contributed by atoms with E-state index in [-0.39, 0.29) is 5.91 Å². The normalized spacial score (nSPS) is 20.9. The molecule has 24 heavy (non-hydrogen) atoms. The van der Waals surface area contributed by atoms with Gasteiger partial charge in [0.1, 0.15) is 17.1 Å². The van der Waals surface area contributed by atoms with Crippen LogP contribution in [0, 0.1) is 12.8 Å². The van der Waals surface area contributed by atoms with E-state index in [0.717, 1.165) is 18.8 Å². The number of nitrogens with zero attached hydrogens (tertiary/aromatic N) is 1. The van der Waals surface area contributed by atoms with Crippen molar-refractivity contribution in [1.29, 1.82) is 0 Å². The zero-order chi connectivity index (χ0) is 17.7. The molecule has 0 saturated heterocycles. The van der Waals surface area contributed by atoms with Crippen LogP contribution in [-0.4, -0.2) is 43.5 Å². The van der Waals surface area contributed by atoms with Gasteiger partial charge in [-0.25, -0.2) is 4.79 Å². The number of methoxy groups -OCH3 is 1. The summed E-state index contributed by atoms with van der Waals surface area (Å²) < 4.78 is 10.3. The molecule has 6 heteroatoms. The molecule has 1 aromatic heterocycles. The SMILES string of the molecule is COC(=O)c1cc(CN(C)CC(=O)NC2CCC(C)CC2)oc1C. The predicted molar refractivity (Wildman–Crippen MR) is 90.7 cm³/mol. The average Bonchev–Trinajstić information content (AvgIpc) is 2.89. The Kier molecular flexibility index (Phi) is 6.43. The van der Waals surface area contributed by atoms with Gasteiger partial charge in [0, 0.05) is 6.04 Å². The second-order valence-corrected chi connectivity index (χ2v) is 6.87. The van der Waals surface area contributed by atoms with Crippen LogP contribution in [0.15, 0.2) is 10.5 Å². The van der Waals surface area contributed by atoms with Crippen LogP contribution in [0.1, 0.15) is 54.5 Å². The lowest BCUT2D eigenvalue weighted by molar-refractivity contribution is -0.123. The number of ether oxygens (including phenoxy) is 1. The van der Waals surface area contributed by atoms with E-state index < -0.39 is 5.97 Å². The Balaban J connectivity index is 1.81. The summed E-state index contributed by atoms with van der Waals surface area (Å²) in [7, 11) is 3.20. The second-order valence-electron chi connectivity index (χ2n) is 6.87. The molecule has 1 amide bonds. The Bertz CT molecular complexity index is 574. The molecule has 0 spiro atoms. The summed E-state index contributed by atoms with van der Waals surface area (Å²) in [5.41, 5.74) is 0.432. The number of amides is 1. The fourth-order valence-corrected chi connectivity index (χ4v) is 3.18. The first kappa shape index (κ1) is 18.5. The van der Waals surface area contributed by atoms with Crippen LogP contribution >= 0.6 is 0 Å². The quantitative estimate of drug-likeness (QED) is 0.808. The summed E-state index contributed by atoms with van der Waals surface area (Å²) in [4.78, 5) is 25.6. The monoisotopic (exact) mass is 336 g/mol. The average molecular weight is 336 g/mol. The Morgan fingerprint density at radius 3 is 2.62 bits per heavy atom. The summed E-state index contributed by atoms with van der Waals surface area (Å²) in [6, 6.07) is 1.98. The highest BCUT2D eigenvalue weighted by atomic mass is 16.5. The van der Waals surface area contributed by atoms with E-state index in [0.29, 0.717) is 36.2 Å². The maximum atomic E-state index is 12.2. The lowest BCUT2D eigenvalue weighted by atomic mass is 9.87. The van der Waals surface area contributed by atoms with Crippen LogP contribution in [0.3, 0.4) is 0 Å². The van der Waals surface area contributed by atoms with E-state index in [2.05, 4.69) is 12.2 Å². The number of rotatable bonds is 6. The molecule has 6 nitrogen and oxygen atoms in total. The van der Waals surface area contributed by atoms with Gasteiger partial charge in [-0.2, -0.15) is 0 Å². The molecule has 0 unspecified atom stereocenters. The van der Waals surface area contributed by atoms with Gasteiger partial charge in [0.05, 0.1) is 20.2 Å². The zero-order valence-electron chi connectivity index (χ0n) is 15.1. The van der Waals surface area contributed by atoms with E-state index in [1.54, 1.807) is 13.0 Å². The Labute approximate surface area is 143 Å². The van der Waals surface area contributed by atoms with Gasteiger partial charge in [-0.15, -0.1) is 0 Å². The standard InChI is InChI=1S/C18H28N2O4/c1-12-5-7-14(8-6-12)19-17(21)11-20(3)10-15-9-16(13(2)24-15)18(22)23-4/h9,12,14H,5-8,10-11H2,1-4H3,(H,19,21). The summed E-state index contributed by atoms with van der Waals surface area (Å²) in [6.45, 7) is 4.76. The minimum absolute atomic E-state index is 0.0357. The molecule has 0 bridgehead atoms. The molecule has 2 rings (SSSR count). The Morgan fingerprint density at radius 1 is 1.33 bits per heavy atom. The van der Waals surface area contributed by atoms with Crippen LogP contribution in [-0.2, 0) is 16.1 Å². The van der Waals surface area contributed by atoms with Crippen molar-refractivity contribution in [2.24, 2.45) is 5.92 Å². The van der Waals surface area contributed by atoms with Crippen molar-refractivity contribution in [2.45, 2.75) is 52.1 Å². The smallest absolute Gasteiger partial charge is 0.341 e. The van der Waals surface area contributed by atoms with Crippen molar-refractivity contribution in [3.63, 3.8) is 0 Å². The second kappa shape index (κ2) is 8.33. The number of carbonyl (C=O) groups excluding carboxylic acids is 2. The van der Waals surface area contributed by atoms with Gasteiger partial charge < -0.3 is 14.5 Å². The van der Waals surface area contributed by atoms with E-state index in [1.165, 1.54) is 20.0 Å². The number of furan rings is 1. The minimum Gasteiger partial charge on any atom is -0.465 e. The van der Waals surface area contributed by atoms with Crippen molar-refractivity contribution >= 4 is 11.9 Å². The molecule has 0 atom stereocenters. The third kappa shape index (κ3) is 5.09. The van der Waals surface area contributed by atoms with Gasteiger partial charge in [0.2, 0.25) is 5.91 Å². The van der Waals surface area contributed by atoms with Crippen molar-refractivity contribution in [3.8, 4) is 0 Å². The zero-order valence-corrected chi connectivity index (χ0v) is 15.1. The Morgan fingerprint density at radius 2 is 2.00 bits per heavy atom. The van der Waals surface area contributed by atoms with Gasteiger partial charge in [0.25, 0.3) is 0 Å². The molecular weight excluding hydrogens is 308 g/mol.